The van der Waals surface area contributed by atoms with Crippen molar-refractivity contribution in [3.8, 4) is 0 Å². The molecule has 0 fully saturated rings. The van der Waals surface area contributed by atoms with Gasteiger partial charge in [0.05, 0.1) is 0 Å². The molecule has 1 aromatic heterocycles. The molecule has 0 atom stereocenters. The van der Waals surface area contributed by atoms with Crippen molar-refractivity contribution in [3.63, 3.8) is 0 Å². The number of aromatic nitrogens is 1. The third kappa shape index (κ3) is 6.78. The van der Waals surface area contributed by atoms with Crippen molar-refractivity contribution in [1.82, 2.24) is 0 Å². The van der Waals surface area contributed by atoms with Gasteiger partial charge in [0, 0.05) is 41.5 Å². The van der Waals surface area contributed by atoms with Gasteiger partial charge in [0.1, 0.15) is 6.54 Å². The van der Waals surface area contributed by atoms with E-state index in [1.54, 1.807) is 0 Å². The van der Waals surface area contributed by atoms with Crippen molar-refractivity contribution in [1.29, 1.82) is 0 Å². The molecule has 0 saturated carbocycles. The first-order valence-corrected chi connectivity index (χ1v) is 14.0. The number of pyridine rings is 1. The lowest BCUT2D eigenvalue weighted by molar-refractivity contribution is -0.673. The minimum atomic E-state index is -0.105. The molecule has 0 unspecified atom stereocenters. The summed E-state index contributed by atoms with van der Waals surface area (Å²) >= 11 is 0. The Kier molecular flexibility index (Phi) is 8.75. The van der Waals surface area contributed by atoms with Crippen LogP contribution < -0.4 is 4.57 Å². The summed E-state index contributed by atoms with van der Waals surface area (Å²) in [6, 6.07) is 41.7. The Balaban J connectivity index is 1.36. The van der Waals surface area contributed by atoms with E-state index in [2.05, 4.69) is 96.4 Å². The summed E-state index contributed by atoms with van der Waals surface area (Å²) in [5.41, 5.74) is 6.69. The van der Waals surface area contributed by atoms with Crippen LogP contribution >= 0.6 is 0 Å². The minimum absolute atomic E-state index is 0.105. The van der Waals surface area contributed by atoms with Gasteiger partial charge in [-0.3, -0.25) is 4.79 Å². The van der Waals surface area contributed by atoms with Gasteiger partial charge < -0.3 is 0 Å². The predicted molar refractivity (Wildman–Crippen MR) is 163 cm³/mol. The normalized spacial score (nSPS) is 11.4. The molecule has 2 heteroatoms. The summed E-state index contributed by atoms with van der Waals surface area (Å²) in [7, 11) is 0. The Labute approximate surface area is 232 Å². The largest absolute Gasteiger partial charge is 0.294 e. The number of aryl methyl sites for hydroxylation is 1. The van der Waals surface area contributed by atoms with E-state index in [0.717, 1.165) is 43.4 Å². The van der Waals surface area contributed by atoms with E-state index in [9.17, 15) is 4.79 Å². The van der Waals surface area contributed by atoms with Gasteiger partial charge in [-0.1, -0.05) is 110 Å². The Morgan fingerprint density at radius 1 is 0.692 bits per heavy atom. The molecular weight excluding hydrogens is 474 g/mol. The number of fused-ring (bicyclic) bond motifs is 1. The van der Waals surface area contributed by atoms with Gasteiger partial charge in [0.25, 0.3) is 0 Å². The zero-order valence-corrected chi connectivity index (χ0v) is 22.7. The highest BCUT2D eigenvalue weighted by molar-refractivity contribution is 5.98. The molecule has 2 nitrogen and oxygen atoms in total. The van der Waals surface area contributed by atoms with Crippen LogP contribution in [0.3, 0.4) is 0 Å². The first-order valence-electron chi connectivity index (χ1n) is 14.0. The maximum absolute atomic E-state index is 13.7. The molecule has 0 saturated heterocycles. The molecule has 194 valence electrons. The Hall–Kier alpha value is -4.30. The molecule has 5 rings (SSSR count). The molecule has 4 aromatic carbocycles. The van der Waals surface area contributed by atoms with Gasteiger partial charge in [-0.15, -0.1) is 0 Å². The van der Waals surface area contributed by atoms with Gasteiger partial charge in [-0.2, -0.15) is 4.57 Å². The zero-order valence-electron chi connectivity index (χ0n) is 22.7. The fourth-order valence-electron chi connectivity index (χ4n) is 5.22. The van der Waals surface area contributed by atoms with Crippen molar-refractivity contribution in [2.24, 2.45) is 5.92 Å². The van der Waals surface area contributed by atoms with Crippen LogP contribution in [0.15, 0.2) is 121 Å². The van der Waals surface area contributed by atoms with E-state index in [-0.39, 0.29) is 11.7 Å². The molecule has 5 aromatic rings. The van der Waals surface area contributed by atoms with Crippen LogP contribution in [-0.4, -0.2) is 5.78 Å². The Morgan fingerprint density at radius 2 is 1.31 bits per heavy atom. The second-order valence-corrected chi connectivity index (χ2v) is 10.2. The lowest BCUT2D eigenvalue weighted by Crippen LogP contribution is -2.37. The number of carbonyl (C=O) groups is 1. The molecule has 0 aliphatic heterocycles. The monoisotopic (exact) mass is 510 g/mol. The van der Waals surface area contributed by atoms with Crippen LogP contribution in [-0.2, 0) is 19.4 Å². The fourth-order valence-corrected chi connectivity index (χ4v) is 5.22. The Morgan fingerprint density at radius 3 is 1.95 bits per heavy atom. The highest BCUT2D eigenvalue weighted by atomic mass is 16.1. The van der Waals surface area contributed by atoms with Gasteiger partial charge in [0.2, 0.25) is 11.2 Å². The average Bonchev–Trinajstić information content (AvgIpc) is 2.99. The highest BCUT2D eigenvalue weighted by Crippen LogP contribution is 2.21. The summed E-state index contributed by atoms with van der Waals surface area (Å²) in [6.45, 7) is 3.23. The number of para-hydroxylation sites is 1. The number of rotatable bonds is 11. The van der Waals surface area contributed by atoms with Gasteiger partial charge in [-0.25, -0.2) is 0 Å². The molecule has 0 aliphatic rings. The molecule has 0 radical (unpaired) electrons. The molecule has 1 heterocycles. The van der Waals surface area contributed by atoms with E-state index < -0.39 is 0 Å². The second-order valence-electron chi connectivity index (χ2n) is 10.2. The van der Waals surface area contributed by atoms with Crippen molar-refractivity contribution in [3.05, 3.63) is 149 Å². The number of carbonyl (C=O) groups excluding carboxylic acids is 1. The zero-order chi connectivity index (χ0) is 26.9. The first-order chi connectivity index (χ1) is 19.2. The van der Waals surface area contributed by atoms with Crippen LogP contribution in [0.25, 0.3) is 23.1 Å². The topological polar surface area (TPSA) is 20.9 Å². The summed E-state index contributed by atoms with van der Waals surface area (Å²) < 4.78 is 2.41. The summed E-state index contributed by atoms with van der Waals surface area (Å²) in [6.07, 6.45) is 8.10. The summed E-state index contributed by atoms with van der Waals surface area (Å²) in [4.78, 5) is 13.7. The maximum Gasteiger partial charge on any atom is 0.212 e. The van der Waals surface area contributed by atoms with E-state index in [1.807, 2.05) is 48.5 Å². The number of ketones is 1. The van der Waals surface area contributed by atoms with E-state index in [4.69, 9.17) is 0 Å². The number of nitrogens with zero attached hydrogens (tertiary/aromatic N) is 1. The van der Waals surface area contributed by atoms with Gasteiger partial charge >= 0.3 is 0 Å². The number of Topliss-reactive ketones (excluding diaryl/α,β-unsaturated/α-hetero) is 1. The highest BCUT2D eigenvalue weighted by Gasteiger charge is 2.21. The third-order valence-corrected chi connectivity index (χ3v) is 7.37. The van der Waals surface area contributed by atoms with E-state index >= 15 is 0 Å². The lowest BCUT2D eigenvalue weighted by Gasteiger charge is -2.17. The van der Waals surface area contributed by atoms with Gasteiger partial charge in [0.15, 0.2) is 5.78 Å². The smallest absolute Gasteiger partial charge is 0.212 e. The summed E-state index contributed by atoms with van der Waals surface area (Å²) in [5, 5.41) is 1.26. The predicted octanol–water partition coefficient (Wildman–Crippen LogP) is 8.38. The van der Waals surface area contributed by atoms with Crippen LogP contribution in [0.2, 0.25) is 0 Å². The van der Waals surface area contributed by atoms with Crippen LogP contribution in [0.4, 0.5) is 0 Å². The molecule has 39 heavy (non-hydrogen) atoms. The molecule has 0 bridgehead atoms. The number of hydrogen-bond acceptors (Lipinski definition) is 1. The second kappa shape index (κ2) is 13.0. The number of benzene rings is 4. The summed E-state index contributed by atoms with van der Waals surface area (Å²) in [5.74, 6) is 0.0940. The molecule has 0 spiro atoms. The molecular formula is C37H36NO+. The minimum Gasteiger partial charge on any atom is -0.294 e. The van der Waals surface area contributed by atoms with Gasteiger partial charge in [-0.05, 0) is 47.7 Å². The first kappa shape index (κ1) is 26.3. The number of unbranched alkanes of at least 4 members (excludes halogenated alkanes) is 1. The number of hydrogen-bond donors (Lipinski definition) is 0. The average molecular weight is 511 g/mol. The van der Waals surface area contributed by atoms with Crippen molar-refractivity contribution in [2.45, 2.75) is 39.2 Å². The standard InChI is InChI=1S/C37H36NO/c1-2-3-26-38-35(25-23-32-16-10-11-17-36(32)38)24-20-29-18-21-33(22-19-29)37(39)34(27-30-12-6-4-7-13-30)28-31-14-8-5-9-15-31/h4-25,34H,2-3,26-28H2,1H3/q+1/b24-20+. The van der Waals surface area contributed by atoms with Crippen molar-refractivity contribution >= 4 is 28.8 Å². The SMILES string of the molecule is CCCC[n+]1c(/C=C/c2ccc(C(=O)C(Cc3ccccc3)Cc3ccccc3)cc2)ccc2ccccc21. The van der Waals surface area contributed by atoms with E-state index in [0.29, 0.717) is 0 Å². The molecule has 0 amide bonds. The van der Waals surface area contributed by atoms with Crippen LogP contribution in [0, 0.1) is 5.92 Å². The van der Waals surface area contributed by atoms with Crippen LogP contribution in [0.5, 0.6) is 0 Å². The quantitative estimate of drug-likeness (QED) is 0.129. The Bertz CT molecular complexity index is 1490. The fraction of sp³-hybridized carbons (Fsp3) is 0.189. The molecule has 0 aliphatic carbocycles. The third-order valence-electron chi connectivity index (χ3n) is 7.37. The molecule has 0 N–H and O–H groups in total. The lowest BCUT2D eigenvalue weighted by atomic mass is 9.86. The van der Waals surface area contributed by atoms with Crippen molar-refractivity contribution in [2.75, 3.05) is 0 Å². The van der Waals surface area contributed by atoms with E-state index in [1.165, 1.54) is 27.7 Å². The van der Waals surface area contributed by atoms with Crippen LogP contribution in [0.1, 0.15) is 52.5 Å². The maximum atomic E-state index is 13.7. The van der Waals surface area contributed by atoms with Crippen molar-refractivity contribution < 1.29 is 9.36 Å².